The molecule has 1 aliphatic heterocycles. The Hall–Kier alpha value is -5.86. The van der Waals surface area contributed by atoms with Crippen molar-refractivity contribution >= 4 is 36.3 Å². The number of carbonyl (C=O) groups excluding carboxylic acids is 2. The van der Waals surface area contributed by atoms with E-state index in [1.165, 1.54) is 0 Å². The molecule has 14 heteroatoms. The van der Waals surface area contributed by atoms with E-state index in [1.54, 1.807) is 0 Å². The van der Waals surface area contributed by atoms with E-state index in [1.807, 2.05) is 118 Å². The number of hydrogen-bond donors (Lipinski definition) is 4. The molecular weight excluding hydrogens is 673 g/mol. The number of hydrogen-bond acceptors (Lipinski definition) is 8. The smallest absolute Gasteiger partial charge is 0.243 e. The Morgan fingerprint density at radius 1 is 0.560 bits per heavy atom. The van der Waals surface area contributed by atoms with Crippen molar-refractivity contribution in [2.45, 2.75) is 38.1 Å². The lowest BCUT2D eigenvalue weighted by atomic mass is 9.98. The molecule has 0 radical (unpaired) electrons. The van der Waals surface area contributed by atoms with Gasteiger partial charge in [0.1, 0.15) is 36.8 Å². The first-order valence-corrected chi connectivity index (χ1v) is 16.7. The van der Waals surface area contributed by atoms with Gasteiger partial charge in [0, 0.05) is 24.2 Å². The molecule has 1 fully saturated rings. The molecule has 0 aliphatic carbocycles. The van der Waals surface area contributed by atoms with Crippen LogP contribution in [0.1, 0.15) is 22.8 Å². The van der Waals surface area contributed by atoms with E-state index in [-0.39, 0.29) is 25.0 Å². The zero-order valence-corrected chi connectivity index (χ0v) is 28.2. The Kier molecular flexibility index (Phi) is 9.62. The summed E-state index contributed by atoms with van der Waals surface area (Å²) >= 11 is 10.8. The van der Waals surface area contributed by atoms with Gasteiger partial charge in [-0.1, -0.05) is 60.7 Å². The van der Waals surface area contributed by atoms with Crippen LogP contribution in [0.4, 0.5) is 0 Å². The number of para-hydroxylation sites is 2. The summed E-state index contributed by atoms with van der Waals surface area (Å²) < 4.78 is 16.6. The van der Waals surface area contributed by atoms with E-state index in [2.05, 4.69) is 31.0 Å². The zero-order chi connectivity index (χ0) is 34.5. The van der Waals surface area contributed by atoms with Crippen LogP contribution in [0.15, 0.2) is 109 Å². The highest BCUT2D eigenvalue weighted by atomic mass is 32.1. The number of ether oxygens (including phenoxy) is 2. The summed E-state index contributed by atoms with van der Waals surface area (Å²) in [5.74, 6) is 2.09. The molecule has 4 N–H and O–H groups in total. The minimum absolute atomic E-state index is 0.204. The molecular formula is C36H32N8O4S2. The van der Waals surface area contributed by atoms with Crippen molar-refractivity contribution in [3.63, 3.8) is 0 Å². The maximum absolute atomic E-state index is 13.0. The second kappa shape index (κ2) is 14.7. The highest BCUT2D eigenvalue weighted by molar-refractivity contribution is 7.71. The lowest BCUT2D eigenvalue weighted by Gasteiger charge is -2.29. The van der Waals surface area contributed by atoms with Crippen LogP contribution in [-0.2, 0) is 35.6 Å². The van der Waals surface area contributed by atoms with E-state index >= 15 is 0 Å². The Bertz CT molecular complexity index is 2050. The molecule has 3 heterocycles. The average molecular weight is 705 g/mol. The largest absolute Gasteiger partial charge is 0.486 e. The topological polar surface area (TPSA) is 144 Å². The van der Waals surface area contributed by atoms with E-state index < -0.39 is 12.1 Å². The first-order chi connectivity index (χ1) is 24.4. The molecule has 1 aliphatic rings. The summed E-state index contributed by atoms with van der Waals surface area (Å²) in [5, 5.41) is 20.0. The van der Waals surface area contributed by atoms with Crippen molar-refractivity contribution in [1.29, 1.82) is 0 Å². The lowest BCUT2D eigenvalue weighted by molar-refractivity contribution is -0.136. The maximum Gasteiger partial charge on any atom is 0.243 e. The highest BCUT2D eigenvalue weighted by Crippen LogP contribution is 2.20. The van der Waals surface area contributed by atoms with Crippen molar-refractivity contribution in [2.75, 3.05) is 0 Å². The van der Waals surface area contributed by atoms with Crippen molar-refractivity contribution in [2.24, 2.45) is 0 Å². The normalized spacial score (nSPS) is 15.7. The molecule has 2 atom stereocenters. The number of aromatic amines is 2. The number of nitrogens with one attached hydrogen (secondary N) is 4. The number of nitrogens with zero attached hydrogens (tertiary/aromatic N) is 4. The summed E-state index contributed by atoms with van der Waals surface area (Å²) in [6.45, 7) is 0.408. The van der Waals surface area contributed by atoms with Crippen LogP contribution in [-0.4, -0.2) is 53.4 Å². The molecule has 7 rings (SSSR count). The van der Waals surface area contributed by atoms with Gasteiger partial charge in [-0.25, -0.2) is 0 Å². The highest BCUT2D eigenvalue weighted by Gasteiger charge is 2.33. The molecule has 12 nitrogen and oxygen atoms in total. The average Bonchev–Trinajstić information content (AvgIpc) is 3.71. The first-order valence-electron chi connectivity index (χ1n) is 15.9. The first kappa shape index (κ1) is 32.7. The van der Waals surface area contributed by atoms with Gasteiger partial charge >= 0.3 is 0 Å². The van der Waals surface area contributed by atoms with E-state index in [0.29, 0.717) is 45.5 Å². The number of rotatable bonds is 12. The predicted octanol–water partition coefficient (Wildman–Crippen LogP) is 5.10. The summed E-state index contributed by atoms with van der Waals surface area (Å²) in [5.41, 5.74) is 3.55. The summed E-state index contributed by atoms with van der Waals surface area (Å²) in [4.78, 5) is 26.0. The number of piperazine rings is 1. The van der Waals surface area contributed by atoms with Crippen LogP contribution in [0.25, 0.3) is 11.4 Å². The lowest BCUT2D eigenvalue weighted by Crippen LogP contribution is -2.62. The summed E-state index contributed by atoms with van der Waals surface area (Å²) in [6.07, 6.45) is 0.688. The fraction of sp³-hybridized carbons (Fsp3) is 0.167. The minimum Gasteiger partial charge on any atom is -0.486 e. The van der Waals surface area contributed by atoms with Crippen molar-refractivity contribution < 1.29 is 19.1 Å². The van der Waals surface area contributed by atoms with Crippen LogP contribution in [0.3, 0.4) is 0 Å². The third-order valence-electron chi connectivity index (χ3n) is 8.24. The second-order valence-corrected chi connectivity index (χ2v) is 12.4. The van der Waals surface area contributed by atoms with E-state index in [9.17, 15) is 9.59 Å². The Balaban J connectivity index is 0.897. The van der Waals surface area contributed by atoms with Crippen LogP contribution < -0.4 is 20.1 Å². The fourth-order valence-corrected chi connectivity index (χ4v) is 6.23. The Morgan fingerprint density at radius 3 is 1.32 bits per heavy atom. The molecule has 0 saturated carbocycles. The molecule has 50 heavy (non-hydrogen) atoms. The van der Waals surface area contributed by atoms with Gasteiger partial charge in [0.2, 0.25) is 11.8 Å². The van der Waals surface area contributed by atoms with Crippen LogP contribution in [0.5, 0.6) is 11.5 Å². The molecule has 6 aromatic rings. The SMILES string of the molecule is O=C1N[C@@H](Cc2ccc(OCc3n[nH]c(=S)n3-c3ccccc3)cc2)C(=O)N[C@H]1Cc1ccc(OCc2n[nH]c(=S)n2-c2ccccc2)cc1. The Morgan fingerprint density at radius 2 is 0.940 bits per heavy atom. The van der Waals surface area contributed by atoms with Crippen LogP contribution in [0, 0.1) is 9.54 Å². The molecule has 4 aromatic carbocycles. The van der Waals surface area contributed by atoms with Gasteiger partial charge in [-0.05, 0) is 84.1 Å². The van der Waals surface area contributed by atoms with Crippen LogP contribution >= 0.6 is 24.4 Å². The minimum atomic E-state index is -0.683. The molecule has 2 amide bonds. The van der Waals surface area contributed by atoms with Gasteiger partial charge in [-0.3, -0.25) is 28.9 Å². The number of benzene rings is 4. The molecule has 1 saturated heterocycles. The van der Waals surface area contributed by atoms with Crippen LogP contribution in [0.2, 0.25) is 0 Å². The van der Waals surface area contributed by atoms with Crippen molar-refractivity contribution in [3.05, 3.63) is 142 Å². The van der Waals surface area contributed by atoms with E-state index in [0.717, 1.165) is 22.5 Å². The Labute approximate surface area is 297 Å². The molecule has 0 bridgehead atoms. The number of aromatic nitrogens is 6. The quantitative estimate of drug-likeness (QED) is 0.129. The van der Waals surface area contributed by atoms with Gasteiger partial charge in [-0.15, -0.1) is 0 Å². The molecule has 2 aromatic heterocycles. The third-order valence-corrected chi connectivity index (χ3v) is 8.79. The molecule has 0 spiro atoms. The summed E-state index contributed by atoms with van der Waals surface area (Å²) in [7, 11) is 0. The van der Waals surface area contributed by atoms with Gasteiger partial charge in [-0.2, -0.15) is 10.2 Å². The second-order valence-electron chi connectivity index (χ2n) is 11.6. The van der Waals surface area contributed by atoms with Gasteiger partial charge < -0.3 is 20.1 Å². The zero-order valence-electron chi connectivity index (χ0n) is 26.6. The van der Waals surface area contributed by atoms with Gasteiger partial charge in [0.05, 0.1) is 0 Å². The van der Waals surface area contributed by atoms with E-state index in [4.69, 9.17) is 33.9 Å². The maximum atomic E-state index is 13.0. The third kappa shape index (κ3) is 7.41. The molecule has 252 valence electrons. The van der Waals surface area contributed by atoms with Gasteiger partial charge in [0.15, 0.2) is 21.2 Å². The monoisotopic (exact) mass is 704 g/mol. The fourth-order valence-electron chi connectivity index (χ4n) is 5.71. The predicted molar refractivity (Wildman–Crippen MR) is 190 cm³/mol. The number of amides is 2. The number of carbonyl (C=O) groups is 2. The van der Waals surface area contributed by atoms with Gasteiger partial charge in [0.25, 0.3) is 0 Å². The standard InChI is InChI=1S/C36H32N8O4S2/c45-33-29(19-23-11-15-27(16-12-23)47-21-31-39-41-35(49)43(31)25-7-3-1-4-8-25)37-34(46)30(38-33)20-24-13-17-28(18-14-24)48-22-32-40-42-36(50)44(32)26-9-5-2-6-10-26/h1-18,29-30H,19-22H2,(H,37,46)(H,38,45)(H,41,49)(H,42,50)/t29-,30-/m0/s1. The molecule has 0 unspecified atom stereocenters. The van der Waals surface area contributed by atoms with Crippen molar-refractivity contribution in [3.8, 4) is 22.9 Å². The summed E-state index contributed by atoms with van der Waals surface area (Å²) in [6, 6.07) is 32.8. The van der Waals surface area contributed by atoms with Crippen molar-refractivity contribution in [1.82, 2.24) is 40.2 Å². The number of H-pyrrole nitrogens is 2.